The third kappa shape index (κ3) is 3.06. The van der Waals surface area contributed by atoms with Gasteiger partial charge >= 0.3 is 0 Å². The Hall–Kier alpha value is -1.37. The van der Waals surface area contributed by atoms with Gasteiger partial charge in [-0.15, -0.1) is 0 Å². The lowest BCUT2D eigenvalue weighted by Crippen LogP contribution is -2.03. The molecule has 1 heterocycles. The van der Waals surface area contributed by atoms with Crippen LogP contribution >= 0.6 is 22.6 Å². The number of hydrogen-bond donors (Lipinski definition) is 2. The first-order valence-electron chi connectivity index (χ1n) is 4.73. The molecule has 0 aliphatic carbocycles. The standard InChI is InChI=1S/C11H10IN3O/c12-9-6-14-11(15-7-9)13-5-8-2-1-3-10(16)4-8/h1-4,6-7,16H,5H2,(H,13,14,15). The van der Waals surface area contributed by atoms with Crippen molar-refractivity contribution in [3.05, 3.63) is 45.8 Å². The van der Waals surface area contributed by atoms with Gasteiger partial charge in [-0.3, -0.25) is 0 Å². The third-order valence-corrected chi connectivity index (χ3v) is 2.54. The summed E-state index contributed by atoms with van der Waals surface area (Å²) in [6.45, 7) is 0.592. The van der Waals surface area contributed by atoms with Crippen molar-refractivity contribution in [1.29, 1.82) is 0 Å². The van der Waals surface area contributed by atoms with Crippen LogP contribution in [0.2, 0.25) is 0 Å². The number of rotatable bonds is 3. The van der Waals surface area contributed by atoms with Gasteiger partial charge < -0.3 is 10.4 Å². The molecule has 2 N–H and O–H groups in total. The second kappa shape index (κ2) is 5.11. The van der Waals surface area contributed by atoms with Gasteiger partial charge in [-0.1, -0.05) is 12.1 Å². The minimum atomic E-state index is 0.267. The summed E-state index contributed by atoms with van der Waals surface area (Å²) < 4.78 is 1.00. The van der Waals surface area contributed by atoms with E-state index in [-0.39, 0.29) is 5.75 Å². The Labute approximate surface area is 107 Å². The van der Waals surface area contributed by atoms with Crippen LogP contribution in [0.1, 0.15) is 5.56 Å². The summed E-state index contributed by atoms with van der Waals surface area (Å²) in [5.41, 5.74) is 0.988. The number of hydrogen-bond acceptors (Lipinski definition) is 4. The van der Waals surface area contributed by atoms with E-state index in [1.54, 1.807) is 30.6 Å². The highest BCUT2D eigenvalue weighted by atomic mass is 127. The Balaban J connectivity index is 1.99. The maximum absolute atomic E-state index is 9.29. The van der Waals surface area contributed by atoms with Gasteiger partial charge in [-0.2, -0.15) is 0 Å². The van der Waals surface area contributed by atoms with Crippen LogP contribution in [-0.2, 0) is 6.54 Å². The molecule has 0 saturated heterocycles. The summed E-state index contributed by atoms with van der Waals surface area (Å²) in [5, 5.41) is 12.4. The molecule has 0 saturated carbocycles. The van der Waals surface area contributed by atoms with E-state index in [2.05, 4.69) is 37.9 Å². The van der Waals surface area contributed by atoms with Crippen molar-refractivity contribution in [2.75, 3.05) is 5.32 Å². The monoisotopic (exact) mass is 327 g/mol. The first-order valence-corrected chi connectivity index (χ1v) is 5.81. The average molecular weight is 327 g/mol. The molecule has 2 aromatic rings. The van der Waals surface area contributed by atoms with E-state index in [0.717, 1.165) is 9.13 Å². The van der Waals surface area contributed by atoms with Crippen molar-refractivity contribution in [2.24, 2.45) is 0 Å². The zero-order valence-electron chi connectivity index (χ0n) is 8.39. The van der Waals surface area contributed by atoms with Gasteiger partial charge in [0.1, 0.15) is 5.75 Å². The van der Waals surface area contributed by atoms with E-state index in [1.807, 2.05) is 6.07 Å². The van der Waals surface area contributed by atoms with Crippen molar-refractivity contribution in [3.8, 4) is 5.75 Å². The second-order valence-corrected chi connectivity index (χ2v) is 4.49. The molecule has 0 atom stereocenters. The Morgan fingerprint density at radius 1 is 1.25 bits per heavy atom. The van der Waals surface area contributed by atoms with Crippen molar-refractivity contribution >= 4 is 28.5 Å². The molecule has 0 unspecified atom stereocenters. The van der Waals surface area contributed by atoms with E-state index in [9.17, 15) is 5.11 Å². The quantitative estimate of drug-likeness (QED) is 0.850. The van der Waals surface area contributed by atoms with Crippen molar-refractivity contribution in [2.45, 2.75) is 6.54 Å². The highest BCUT2D eigenvalue weighted by molar-refractivity contribution is 14.1. The molecule has 0 fully saturated rings. The summed E-state index contributed by atoms with van der Waals surface area (Å²) in [7, 11) is 0. The van der Waals surface area contributed by atoms with Crippen LogP contribution < -0.4 is 5.32 Å². The smallest absolute Gasteiger partial charge is 0.222 e. The van der Waals surface area contributed by atoms with Crippen molar-refractivity contribution in [1.82, 2.24) is 9.97 Å². The first kappa shape index (κ1) is 11.1. The molecule has 82 valence electrons. The van der Waals surface area contributed by atoms with Gasteiger partial charge in [0.15, 0.2) is 0 Å². The first-order chi connectivity index (χ1) is 7.74. The summed E-state index contributed by atoms with van der Waals surface area (Å²) in [6.07, 6.45) is 3.50. The summed E-state index contributed by atoms with van der Waals surface area (Å²) in [5.74, 6) is 0.853. The maximum Gasteiger partial charge on any atom is 0.222 e. The molecular weight excluding hydrogens is 317 g/mol. The number of anilines is 1. The third-order valence-electron chi connectivity index (χ3n) is 1.98. The summed E-state index contributed by atoms with van der Waals surface area (Å²) in [4.78, 5) is 8.25. The highest BCUT2D eigenvalue weighted by Crippen LogP contribution is 2.12. The molecule has 4 nitrogen and oxygen atoms in total. The predicted octanol–water partition coefficient (Wildman–Crippen LogP) is 2.40. The molecular formula is C11H10IN3O. The molecule has 1 aromatic heterocycles. The largest absolute Gasteiger partial charge is 0.508 e. The van der Waals surface area contributed by atoms with Crippen LogP contribution in [0.4, 0.5) is 5.95 Å². The predicted molar refractivity (Wildman–Crippen MR) is 70.2 cm³/mol. The van der Waals surface area contributed by atoms with Gasteiger partial charge in [0.05, 0.1) is 0 Å². The number of aromatic hydroxyl groups is 1. The molecule has 0 amide bonds. The van der Waals surface area contributed by atoms with Crippen LogP contribution in [-0.4, -0.2) is 15.1 Å². The number of phenolic OH excluding ortho intramolecular Hbond substituents is 1. The zero-order chi connectivity index (χ0) is 11.4. The van der Waals surface area contributed by atoms with Crippen LogP contribution in [0.5, 0.6) is 5.75 Å². The lowest BCUT2D eigenvalue weighted by atomic mass is 10.2. The number of halogens is 1. The molecule has 2 rings (SSSR count). The van der Waals surface area contributed by atoms with Gasteiger partial charge in [-0.05, 0) is 40.3 Å². The van der Waals surface area contributed by atoms with Gasteiger partial charge in [0.2, 0.25) is 5.95 Å². The van der Waals surface area contributed by atoms with Gasteiger partial charge in [0.25, 0.3) is 0 Å². The van der Waals surface area contributed by atoms with Gasteiger partial charge in [0, 0.05) is 22.5 Å². The second-order valence-electron chi connectivity index (χ2n) is 3.25. The lowest BCUT2D eigenvalue weighted by molar-refractivity contribution is 0.474. The van der Waals surface area contributed by atoms with E-state index in [0.29, 0.717) is 12.5 Å². The summed E-state index contributed by atoms with van der Waals surface area (Å²) in [6, 6.07) is 7.09. The highest BCUT2D eigenvalue weighted by Gasteiger charge is 1.97. The minimum absolute atomic E-state index is 0.267. The number of nitrogens with zero attached hydrogens (tertiary/aromatic N) is 2. The Morgan fingerprint density at radius 2 is 2.00 bits per heavy atom. The van der Waals surface area contributed by atoms with Crippen molar-refractivity contribution < 1.29 is 5.11 Å². The van der Waals surface area contributed by atoms with E-state index in [4.69, 9.17) is 0 Å². The normalized spacial score (nSPS) is 10.1. The van der Waals surface area contributed by atoms with Crippen molar-refractivity contribution in [3.63, 3.8) is 0 Å². The SMILES string of the molecule is Oc1cccc(CNc2ncc(I)cn2)c1. The van der Waals surface area contributed by atoms with E-state index in [1.165, 1.54) is 0 Å². The fourth-order valence-electron chi connectivity index (χ4n) is 1.25. The van der Waals surface area contributed by atoms with Crippen LogP contribution in [0.25, 0.3) is 0 Å². The maximum atomic E-state index is 9.29. The van der Waals surface area contributed by atoms with Gasteiger partial charge in [-0.25, -0.2) is 9.97 Å². The number of nitrogens with one attached hydrogen (secondary N) is 1. The summed E-state index contributed by atoms with van der Waals surface area (Å²) >= 11 is 2.15. The lowest BCUT2D eigenvalue weighted by Gasteiger charge is -2.04. The molecule has 1 aromatic carbocycles. The molecule has 0 spiro atoms. The van der Waals surface area contributed by atoms with E-state index >= 15 is 0 Å². The van der Waals surface area contributed by atoms with E-state index < -0.39 is 0 Å². The molecule has 0 radical (unpaired) electrons. The molecule has 16 heavy (non-hydrogen) atoms. The average Bonchev–Trinajstić information content (AvgIpc) is 2.28. The fourth-order valence-corrected chi connectivity index (χ4v) is 1.53. The Bertz CT molecular complexity index is 473. The van der Waals surface area contributed by atoms with Crippen LogP contribution in [0.3, 0.4) is 0 Å². The van der Waals surface area contributed by atoms with Crippen LogP contribution in [0, 0.1) is 3.57 Å². The Kier molecular flexibility index (Phi) is 3.55. The van der Waals surface area contributed by atoms with Crippen LogP contribution in [0.15, 0.2) is 36.7 Å². The molecule has 5 heteroatoms. The fraction of sp³-hybridized carbons (Fsp3) is 0.0909. The topological polar surface area (TPSA) is 58.0 Å². The zero-order valence-corrected chi connectivity index (χ0v) is 10.5. The molecule has 0 aliphatic heterocycles. The number of aromatic nitrogens is 2. The number of phenols is 1. The molecule has 0 bridgehead atoms. The minimum Gasteiger partial charge on any atom is -0.508 e. The number of benzene rings is 1. The molecule has 0 aliphatic rings. The Morgan fingerprint density at radius 3 is 2.69 bits per heavy atom.